The fourth-order valence-corrected chi connectivity index (χ4v) is 3.02. The van der Waals surface area contributed by atoms with Gasteiger partial charge in [-0.3, -0.25) is 9.79 Å². The lowest BCUT2D eigenvalue weighted by atomic mass is 9.79. The van der Waals surface area contributed by atoms with Crippen LogP contribution in [0.4, 0.5) is 14.6 Å². The number of nitrogens with one attached hydrogen (secondary N) is 2. The molecule has 0 aromatic carbocycles. The summed E-state index contributed by atoms with van der Waals surface area (Å²) in [4.78, 5) is 25.2. The SMILES string of the molecule is CC.C\C=C/C=C\C(C)=N\C=C(/C)C(=O)Nc1cc(C2N=C(C3CC(F)(F)C3)N2)ccn1. The van der Waals surface area contributed by atoms with Crippen LogP contribution in [0.2, 0.25) is 0 Å². The van der Waals surface area contributed by atoms with Crippen LogP contribution in [0, 0.1) is 5.92 Å². The summed E-state index contributed by atoms with van der Waals surface area (Å²) in [5.41, 5.74) is 2.02. The van der Waals surface area contributed by atoms with Crippen molar-refractivity contribution in [2.24, 2.45) is 15.9 Å². The largest absolute Gasteiger partial charge is 0.348 e. The van der Waals surface area contributed by atoms with Crippen LogP contribution in [-0.2, 0) is 4.79 Å². The molecule has 0 spiro atoms. The number of pyridine rings is 1. The first-order chi connectivity index (χ1) is 15.3. The Morgan fingerprint density at radius 3 is 2.59 bits per heavy atom. The Bertz CT molecular complexity index is 955. The van der Waals surface area contributed by atoms with Crippen LogP contribution in [-0.4, -0.2) is 28.4 Å². The van der Waals surface area contributed by atoms with E-state index in [0.29, 0.717) is 17.2 Å². The molecule has 2 heterocycles. The number of hydrogen-bond acceptors (Lipinski definition) is 5. The van der Waals surface area contributed by atoms with E-state index >= 15 is 0 Å². The van der Waals surface area contributed by atoms with Crippen LogP contribution >= 0.6 is 0 Å². The molecule has 1 fully saturated rings. The lowest BCUT2D eigenvalue weighted by molar-refractivity contribution is -0.112. The summed E-state index contributed by atoms with van der Waals surface area (Å²) < 4.78 is 26.0. The summed E-state index contributed by atoms with van der Waals surface area (Å²) in [6.07, 6.45) is 10.00. The van der Waals surface area contributed by atoms with Gasteiger partial charge in [0.25, 0.3) is 5.91 Å². The van der Waals surface area contributed by atoms with Crippen molar-refractivity contribution in [3.05, 3.63) is 60.0 Å². The van der Waals surface area contributed by atoms with E-state index in [-0.39, 0.29) is 30.8 Å². The highest BCUT2D eigenvalue weighted by molar-refractivity contribution is 6.03. The van der Waals surface area contributed by atoms with E-state index in [4.69, 9.17) is 0 Å². The van der Waals surface area contributed by atoms with Gasteiger partial charge in [-0.15, -0.1) is 0 Å². The summed E-state index contributed by atoms with van der Waals surface area (Å²) in [6, 6.07) is 3.49. The summed E-state index contributed by atoms with van der Waals surface area (Å²) >= 11 is 0. The van der Waals surface area contributed by atoms with E-state index in [2.05, 4.69) is 25.6 Å². The first-order valence-electron chi connectivity index (χ1n) is 10.8. The number of carbonyl (C=O) groups is 1. The topological polar surface area (TPSA) is 78.7 Å². The maximum Gasteiger partial charge on any atom is 0.254 e. The molecule has 32 heavy (non-hydrogen) atoms. The number of aromatic nitrogens is 1. The molecule has 1 atom stereocenters. The summed E-state index contributed by atoms with van der Waals surface area (Å²) in [5.74, 6) is -2.05. The number of rotatable bonds is 7. The predicted molar refractivity (Wildman–Crippen MR) is 126 cm³/mol. The number of carbonyl (C=O) groups excluding carboxylic acids is 1. The number of amidine groups is 1. The van der Waals surface area contributed by atoms with Crippen LogP contribution in [0.1, 0.15) is 59.2 Å². The monoisotopic (exact) mass is 443 g/mol. The molecular formula is C24H31F2N5O. The van der Waals surface area contributed by atoms with Crippen molar-refractivity contribution in [1.82, 2.24) is 10.3 Å². The molecule has 8 heteroatoms. The minimum absolute atomic E-state index is 0.151. The standard InChI is InChI=1S/C22H25F2N5O.C2H6/c1-4-5-6-7-15(3)26-13-14(2)21(30)27-18-10-16(8-9-25-18)19-28-20(29-19)17-11-22(23,24)12-17;1-2/h4-10,13,17,19H,11-12H2,1-3H3,(H,28,29)(H,25,27,30);1-2H3/b5-4-,7-6-,14-13+,26-15+;. The van der Waals surface area contributed by atoms with Crippen LogP contribution in [0.5, 0.6) is 0 Å². The van der Waals surface area contributed by atoms with Gasteiger partial charge >= 0.3 is 0 Å². The van der Waals surface area contributed by atoms with E-state index in [1.165, 1.54) is 6.20 Å². The Balaban J connectivity index is 0.00000176. The van der Waals surface area contributed by atoms with Crippen LogP contribution in [0.3, 0.4) is 0 Å². The second-order valence-corrected chi connectivity index (χ2v) is 7.42. The highest BCUT2D eigenvalue weighted by Crippen LogP contribution is 2.44. The van der Waals surface area contributed by atoms with Gasteiger partial charge in [0.2, 0.25) is 5.92 Å². The zero-order valence-electron chi connectivity index (χ0n) is 19.2. The molecule has 2 aliphatic rings. The predicted octanol–water partition coefficient (Wildman–Crippen LogP) is 5.59. The molecule has 2 N–H and O–H groups in total. The maximum absolute atomic E-state index is 13.0. The van der Waals surface area contributed by atoms with Gasteiger partial charge in [-0.25, -0.2) is 18.8 Å². The van der Waals surface area contributed by atoms with Crippen molar-refractivity contribution in [2.45, 2.75) is 59.5 Å². The lowest BCUT2D eigenvalue weighted by Gasteiger charge is -2.40. The molecule has 1 amide bonds. The third-order valence-electron chi connectivity index (χ3n) is 4.83. The zero-order chi connectivity index (χ0) is 23.7. The second-order valence-electron chi connectivity index (χ2n) is 7.42. The minimum Gasteiger partial charge on any atom is -0.348 e. The van der Waals surface area contributed by atoms with E-state index in [9.17, 15) is 13.6 Å². The third-order valence-corrected chi connectivity index (χ3v) is 4.83. The molecule has 1 aliphatic carbocycles. The van der Waals surface area contributed by atoms with E-state index in [1.807, 2.05) is 52.0 Å². The number of amides is 1. The third kappa shape index (κ3) is 6.93. The number of nitrogens with zero attached hydrogens (tertiary/aromatic N) is 3. The normalized spacial score (nSPS) is 20.6. The van der Waals surface area contributed by atoms with Crippen molar-refractivity contribution in [3.63, 3.8) is 0 Å². The fraction of sp³-hybridized carbons (Fsp3) is 0.417. The summed E-state index contributed by atoms with van der Waals surface area (Å²) in [6.45, 7) is 9.44. The summed E-state index contributed by atoms with van der Waals surface area (Å²) in [7, 11) is 0. The van der Waals surface area contributed by atoms with Gasteiger partial charge in [0.15, 0.2) is 0 Å². The number of hydrogen-bond donors (Lipinski definition) is 2. The Labute approximate surface area is 188 Å². The van der Waals surface area contributed by atoms with E-state index in [1.54, 1.807) is 25.3 Å². The molecule has 0 bridgehead atoms. The number of allylic oxidation sites excluding steroid dienone is 4. The molecule has 6 nitrogen and oxygen atoms in total. The number of anilines is 1. The molecule has 0 saturated heterocycles. The van der Waals surface area contributed by atoms with Gasteiger partial charge in [0.05, 0.1) is 0 Å². The molecule has 172 valence electrons. The lowest BCUT2D eigenvalue weighted by Crippen LogP contribution is -2.50. The van der Waals surface area contributed by atoms with Gasteiger partial charge in [0, 0.05) is 48.0 Å². The first kappa shape index (κ1) is 25.1. The molecule has 1 aromatic heterocycles. The van der Waals surface area contributed by atoms with Gasteiger partial charge in [-0.1, -0.05) is 32.1 Å². The van der Waals surface area contributed by atoms with E-state index in [0.717, 1.165) is 11.3 Å². The van der Waals surface area contributed by atoms with Crippen LogP contribution < -0.4 is 10.6 Å². The maximum atomic E-state index is 13.0. The Kier molecular flexibility index (Phi) is 8.99. The molecular weight excluding hydrogens is 412 g/mol. The Morgan fingerprint density at radius 1 is 1.28 bits per heavy atom. The van der Waals surface area contributed by atoms with Crippen LogP contribution in [0.25, 0.3) is 0 Å². The molecule has 1 aliphatic heterocycles. The molecule has 1 saturated carbocycles. The highest BCUT2D eigenvalue weighted by atomic mass is 19.3. The second kappa shape index (κ2) is 11.5. The zero-order valence-corrected chi connectivity index (χ0v) is 19.2. The molecule has 0 radical (unpaired) electrons. The smallest absolute Gasteiger partial charge is 0.254 e. The van der Waals surface area contributed by atoms with Crippen molar-refractivity contribution in [3.8, 4) is 0 Å². The fourth-order valence-electron chi connectivity index (χ4n) is 3.02. The average Bonchev–Trinajstić information content (AvgIpc) is 2.71. The average molecular weight is 444 g/mol. The van der Waals surface area contributed by atoms with Crippen molar-refractivity contribution < 1.29 is 13.6 Å². The Morgan fingerprint density at radius 2 is 1.97 bits per heavy atom. The Hall–Kier alpha value is -3.16. The van der Waals surface area contributed by atoms with Crippen molar-refractivity contribution in [1.29, 1.82) is 0 Å². The molecule has 1 aromatic rings. The number of alkyl halides is 2. The van der Waals surface area contributed by atoms with Crippen LogP contribution in [0.15, 0.2) is 64.4 Å². The van der Waals surface area contributed by atoms with Gasteiger partial charge < -0.3 is 10.6 Å². The van der Waals surface area contributed by atoms with Crippen molar-refractivity contribution in [2.75, 3.05) is 5.32 Å². The van der Waals surface area contributed by atoms with Gasteiger partial charge in [0.1, 0.15) is 17.8 Å². The quantitative estimate of drug-likeness (QED) is 0.328. The molecule has 1 unspecified atom stereocenters. The molecule has 3 rings (SSSR count). The van der Waals surface area contributed by atoms with Gasteiger partial charge in [-0.05, 0) is 39.0 Å². The minimum atomic E-state index is -2.56. The highest BCUT2D eigenvalue weighted by Gasteiger charge is 2.49. The number of aliphatic imine (C=N–C) groups is 2. The first-order valence-corrected chi connectivity index (χ1v) is 10.8. The summed E-state index contributed by atoms with van der Waals surface area (Å²) in [5, 5.41) is 5.86. The van der Waals surface area contributed by atoms with E-state index < -0.39 is 5.92 Å². The van der Waals surface area contributed by atoms with Crippen molar-refractivity contribution >= 4 is 23.3 Å². The van der Waals surface area contributed by atoms with Gasteiger partial charge in [-0.2, -0.15) is 0 Å². The number of halogens is 2.